The number of hydrogen-bond acceptors (Lipinski definition) is 6. The monoisotopic (exact) mass is 431 g/mol. The summed E-state index contributed by atoms with van der Waals surface area (Å²) in [7, 11) is 0. The third-order valence-electron chi connectivity index (χ3n) is 4.70. The molecule has 0 bridgehead atoms. The van der Waals surface area contributed by atoms with Crippen LogP contribution >= 0.6 is 22.9 Å². The second kappa shape index (κ2) is 8.30. The van der Waals surface area contributed by atoms with Crippen LogP contribution in [0.1, 0.15) is 23.3 Å². The van der Waals surface area contributed by atoms with Gasteiger partial charge in [-0.05, 0) is 43.4 Å². The van der Waals surface area contributed by atoms with Crippen molar-refractivity contribution in [3.8, 4) is 0 Å². The third-order valence-corrected chi connectivity index (χ3v) is 6.12. The Morgan fingerprint density at radius 1 is 1.17 bits per heavy atom. The summed E-state index contributed by atoms with van der Waals surface area (Å²) < 4.78 is 1.29. The van der Waals surface area contributed by atoms with Crippen molar-refractivity contribution in [1.29, 1.82) is 0 Å². The van der Waals surface area contributed by atoms with Crippen LogP contribution in [-0.4, -0.2) is 32.9 Å². The maximum Gasteiger partial charge on any atom is 0.262 e. The predicted octanol–water partition coefficient (Wildman–Crippen LogP) is 2.14. The number of thiophene rings is 1. The van der Waals surface area contributed by atoms with Gasteiger partial charge in [0.05, 0.1) is 23.3 Å². The van der Waals surface area contributed by atoms with Gasteiger partial charge >= 0.3 is 0 Å². The van der Waals surface area contributed by atoms with Crippen molar-refractivity contribution in [3.05, 3.63) is 50.5 Å². The van der Waals surface area contributed by atoms with E-state index in [9.17, 15) is 14.4 Å². The number of amides is 2. The zero-order valence-corrected chi connectivity index (χ0v) is 17.0. The molecule has 0 saturated carbocycles. The van der Waals surface area contributed by atoms with Gasteiger partial charge in [0, 0.05) is 11.1 Å². The lowest BCUT2D eigenvalue weighted by Crippen LogP contribution is -2.37. The zero-order chi connectivity index (χ0) is 20.4. The van der Waals surface area contributed by atoms with Gasteiger partial charge in [0.15, 0.2) is 0 Å². The fourth-order valence-corrected chi connectivity index (χ4v) is 4.65. The minimum absolute atomic E-state index is 0.196. The molecular weight excluding hydrogens is 414 g/mol. The average molecular weight is 432 g/mol. The van der Waals surface area contributed by atoms with E-state index in [1.807, 2.05) is 0 Å². The normalized spacial score (nSPS) is 13.1. The average Bonchev–Trinajstić information content (AvgIpc) is 3.10. The molecule has 4 rings (SSSR count). The van der Waals surface area contributed by atoms with E-state index in [4.69, 9.17) is 11.6 Å². The molecule has 150 valence electrons. The molecule has 29 heavy (non-hydrogen) atoms. The number of anilines is 1. The number of carbonyl (C=O) groups excluding carboxylic acids is 2. The molecule has 1 aliphatic rings. The van der Waals surface area contributed by atoms with Gasteiger partial charge in [0.1, 0.15) is 17.2 Å². The van der Waals surface area contributed by atoms with Gasteiger partial charge in [-0.1, -0.05) is 11.6 Å². The van der Waals surface area contributed by atoms with E-state index in [1.165, 1.54) is 22.0 Å². The fourth-order valence-electron chi connectivity index (χ4n) is 3.32. The third kappa shape index (κ3) is 4.30. The Bertz CT molecular complexity index is 1140. The number of nitrogens with one attached hydrogen (secondary N) is 2. The van der Waals surface area contributed by atoms with Crippen LogP contribution in [0.5, 0.6) is 0 Å². The van der Waals surface area contributed by atoms with Crippen LogP contribution in [0.15, 0.2) is 29.5 Å². The van der Waals surface area contributed by atoms with Gasteiger partial charge in [0.25, 0.3) is 5.56 Å². The molecule has 10 heteroatoms. The molecular formula is C19H18ClN5O3S. The molecule has 0 radical (unpaired) electrons. The number of fused-ring (bicyclic) bond motifs is 3. The number of rotatable bonds is 5. The summed E-state index contributed by atoms with van der Waals surface area (Å²) in [4.78, 5) is 47.3. The lowest BCUT2D eigenvalue weighted by molar-refractivity contribution is -0.124. The summed E-state index contributed by atoms with van der Waals surface area (Å²) in [6.45, 7) is -0.430. The van der Waals surface area contributed by atoms with Gasteiger partial charge in [0.2, 0.25) is 11.8 Å². The highest BCUT2D eigenvalue weighted by atomic mass is 35.5. The van der Waals surface area contributed by atoms with Crippen LogP contribution in [0.4, 0.5) is 5.82 Å². The Hall–Kier alpha value is -2.78. The first-order chi connectivity index (χ1) is 14.0. The van der Waals surface area contributed by atoms with E-state index in [2.05, 4.69) is 20.6 Å². The lowest BCUT2D eigenvalue weighted by Gasteiger charge is -2.10. The molecule has 2 amide bonds. The van der Waals surface area contributed by atoms with Gasteiger partial charge < -0.3 is 10.6 Å². The molecule has 0 fully saturated rings. The van der Waals surface area contributed by atoms with Crippen molar-refractivity contribution < 1.29 is 9.59 Å². The van der Waals surface area contributed by atoms with Crippen LogP contribution in [0, 0.1) is 0 Å². The molecule has 0 unspecified atom stereocenters. The summed E-state index contributed by atoms with van der Waals surface area (Å²) in [5.74, 6) is -0.542. The van der Waals surface area contributed by atoms with Crippen LogP contribution < -0.4 is 16.2 Å². The smallest absolute Gasteiger partial charge is 0.262 e. The number of hydrogen-bond donors (Lipinski definition) is 2. The van der Waals surface area contributed by atoms with E-state index >= 15 is 0 Å². The summed E-state index contributed by atoms with van der Waals surface area (Å²) >= 11 is 7.31. The molecule has 3 aromatic heterocycles. The largest absolute Gasteiger partial charge is 0.345 e. The second-order valence-electron chi connectivity index (χ2n) is 6.76. The van der Waals surface area contributed by atoms with Gasteiger partial charge in [-0.2, -0.15) is 0 Å². The molecule has 8 nitrogen and oxygen atoms in total. The standard InChI is InChI=1S/C19H18ClN5O3S/c20-11-5-6-14(21-7-11)24-15(26)8-22-16(27)9-25-10-23-18-17(19(25)28)12-3-1-2-4-13(12)29-18/h5-7,10H,1-4,8-9H2,(H,22,27)(H,21,24,26). The quantitative estimate of drug-likeness (QED) is 0.643. The zero-order valence-electron chi connectivity index (χ0n) is 15.4. The van der Waals surface area contributed by atoms with Crippen molar-refractivity contribution in [3.63, 3.8) is 0 Å². The van der Waals surface area contributed by atoms with E-state index in [1.54, 1.807) is 23.5 Å². The molecule has 0 aliphatic heterocycles. The van der Waals surface area contributed by atoms with Crippen molar-refractivity contribution in [2.24, 2.45) is 0 Å². The fraction of sp³-hybridized carbons (Fsp3) is 0.316. The first-order valence-electron chi connectivity index (χ1n) is 9.19. The van der Waals surface area contributed by atoms with E-state index < -0.39 is 11.8 Å². The minimum atomic E-state index is -0.448. The minimum Gasteiger partial charge on any atom is -0.345 e. The molecule has 3 heterocycles. The summed E-state index contributed by atoms with van der Waals surface area (Å²) in [5, 5.41) is 6.14. The first kappa shape index (κ1) is 19.5. The van der Waals surface area contributed by atoms with Crippen molar-refractivity contribution in [2.75, 3.05) is 11.9 Å². The number of aryl methyl sites for hydroxylation is 2. The van der Waals surface area contributed by atoms with E-state index in [0.29, 0.717) is 16.2 Å². The van der Waals surface area contributed by atoms with Gasteiger partial charge in [-0.3, -0.25) is 19.0 Å². The van der Waals surface area contributed by atoms with Crippen LogP contribution in [0.25, 0.3) is 10.2 Å². The second-order valence-corrected chi connectivity index (χ2v) is 8.28. The van der Waals surface area contributed by atoms with Crippen LogP contribution in [-0.2, 0) is 29.0 Å². The molecule has 2 N–H and O–H groups in total. The molecule has 0 spiro atoms. The summed E-state index contributed by atoms with van der Waals surface area (Å²) in [6, 6.07) is 3.16. The Balaban J connectivity index is 1.40. The topological polar surface area (TPSA) is 106 Å². The number of nitrogens with zero attached hydrogens (tertiary/aromatic N) is 3. The predicted molar refractivity (Wildman–Crippen MR) is 111 cm³/mol. The molecule has 0 saturated heterocycles. The SMILES string of the molecule is O=C(Cn1cnc2sc3c(c2c1=O)CCCC3)NCC(=O)Nc1ccc(Cl)cn1. The van der Waals surface area contributed by atoms with E-state index in [0.717, 1.165) is 36.1 Å². The van der Waals surface area contributed by atoms with Gasteiger partial charge in [-0.25, -0.2) is 9.97 Å². The van der Waals surface area contributed by atoms with Crippen molar-refractivity contribution >= 4 is 50.8 Å². The summed E-state index contributed by atoms with van der Waals surface area (Å²) in [6.07, 6.45) is 6.85. The number of pyridine rings is 1. The highest BCUT2D eigenvalue weighted by Gasteiger charge is 2.20. The molecule has 0 aromatic carbocycles. The maximum absolute atomic E-state index is 12.9. The molecule has 1 aliphatic carbocycles. The maximum atomic E-state index is 12.9. The number of carbonyl (C=O) groups is 2. The first-order valence-corrected chi connectivity index (χ1v) is 10.4. The number of aromatic nitrogens is 3. The lowest BCUT2D eigenvalue weighted by atomic mass is 9.97. The number of halogens is 1. The molecule has 3 aromatic rings. The van der Waals surface area contributed by atoms with Crippen LogP contribution in [0.3, 0.4) is 0 Å². The Morgan fingerprint density at radius 2 is 2.00 bits per heavy atom. The van der Waals surface area contributed by atoms with Crippen molar-refractivity contribution in [1.82, 2.24) is 19.9 Å². The Labute approximate surface area is 174 Å². The Morgan fingerprint density at radius 3 is 2.79 bits per heavy atom. The van der Waals surface area contributed by atoms with Crippen molar-refractivity contribution in [2.45, 2.75) is 32.2 Å². The highest BCUT2D eigenvalue weighted by Crippen LogP contribution is 2.33. The summed E-state index contributed by atoms with van der Waals surface area (Å²) in [5.41, 5.74) is 0.873. The van der Waals surface area contributed by atoms with E-state index in [-0.39, 0.29) is 18.6 Å². The van der Waals surface area contributed by atoms with Gasteiger partial charge in [-0.15, -0.1) is 11.3 Å². The molecule has 0 atom stereocenters. The Kier molecular flexibility index (Phi) is 5.59. The highest BCUT2D eigenvalue weighted by molar-refractivity contribution is 7.18. The van der Waals surface area contributed by atoms with Crippen LogP contribution in [0.2, 0.25) is 5.02 Å².